The summed E-state index contributed by atoms with van der Waals surface area (Å²) >= 11 is 18.2. The maximum atomic E-state index is 13.5. The number of hydrogen-bond acceptors (Lipinski definition) is 1. The molecule has 1 aromatic carbocycles. The van der Waals surface area contributed by atoms with E-state index in [1.165, 1.54) is 12.1 Å². The fraction of sp³-hybridized carbons (Fsp3) is 0.588. The molecule has 1 aromatic rings. The predicted molar refractivity (Wildman–Crippen MR) is 90.4 cm³/mol. The summed E-state index contributed by atoms with van der Waals surface area (Å²) in [6, 6.07) is 4.34. The van der Waals surface area contributed by atoms with E-state index >= 15 is 0 Å². The zero-order valence-corrected chi connectivity index (χ0v) is 14.6. The lowest BCUT2D eigenvalue weighted by atomic mass is 10.0. The molecule has 0 spiro atoms. The Morgan fingerprint density at radius 3 is 2.30 bits per heavy atom. The number of halogens is 4. The first-order valence-electron chi connectivity index (χ1n) is 8.03. The van der Waals surface area contributed by atoms with Crippen molar-refractivity contribution < 1.29 is 9.18 Å². The van der Waals surface area contributed by atoms with E-state index in [9.17, 15) is 9.18 Å². The zero-order chi connectivity index (χ0) is 16.4. The Hall–Kier alpha value is -0.510. The van der Waals surface area contributed by atoms with Crippen molar-refractivity contribution in [3.63, 3.8) is 0 Å². The van der Waals surface area contributed by atoms with E-state index in [-0.39, 0.29) is 16.8 Å². The van der Waals surface area contributed by atoms with E-state index in [2.05, 4.69) is 5.32 Å². The van der Waals surface area contributed by atoms with E-state index in [0.29, 0.717) is 29.4 Å². The molecular formula is C17H17Cl3FNO. The molecule has 2 nitrogen and oxygen atoms in total. The Morgan fingerprint density at radius 2 is 1.74 bits per heavy atom. The third-order valence-electron chi connectivity index (χ3n) is 5.81. The third kappa shape index (κ3) is 2.75. The number of benzene rings is 1. The smallest absolute Gasteiger partial charge is 0.228 e. The number of hydrogen-bond donors (Lipinski definition) is 1. The minimum Gasteiger partial charge on any atom is -0.326 e. The van der Waals surface area contributed by atoms with Gasteiger partial charge >= 0.3 is 0 Å². The third-order valence-corrected chi connectivity index (χ3v) is 7.24. The first-order chi connectivity index (χ1) is 10.9. The van der Waals surface area contributed by atoms with Crippen molar-refractivity contribution >= 4 is 46.4 Å². The molecule has 6 heteroatoms. The van der Waals surface area contributed by atoms with Gasteiger partial charge in [0, 0.05) is 11.6 Å². The van der Waals surface area contributed by atoms with Crippen molar-refractivity contribution in [2.24, 2.45) is 29.6 Å². The van der Waals surface area contributed by atoms with Crippen molar-refractivity contribution in [2.75, 3.05) is 5.32 Å². The summed E-state index contributed by atoms with van der Waals surface area (Å²) in [6.07, 6.45) is 4.00. The van der Waals surface area contributed by atoms with Crippen LogP contribution in [0.4, 0.5) is 10.1 Å². The van der Waals surface area contributed by atoms with Crippen LogP contribution in [0.25, 0.3) is 0 Å². The summed E-state index contributed by atoms with van der Waals surface area (Å²) in [5.41, 5.74) is 0.458. The van der Waals surface area contributed by atoms with Gasteiger partial charge in [0.15, 0.2) is 0 Å². The number of fused-ring (bicyclic) bond motifs is 2. The molecule has 1 amide bonds. The van der Waals surface area contributed by atoms with Crippen LogP contribution < -0.4 is 5.32 Å². The molecule has 4 rings (SSSR count). The number of anilines is 1. The van der Waals surface area contributed by atoms with Crippen molar-refractivity contribution in [2.45, 2.75) is 30.0 Å². The Bertz CT molecular complexity index is 643. The van der Waals surface area contributed by atoms with Gasteiger partial charge in [-0.05, 0) is 67.6 Å². The summed E-state index contributed by atoms with van der Waals surface area (Å²) in [6.45, 7) is 0. The molecule has 5 atom stereocenters. The number of rotatable bonds is 2. The van der Waals surface area contributed by atoms with Gasteiger partial charge in [-0.1, -0.05) is 11.6 Å². The van der Waals surface area contributed by atoms with Gasteiger partial charge in [-0.3, -0.25) is 4.79 Å². The second-order valence-corrected chi connectivity index (χ2v) is 8.87. The molecule has 1 N–H and O–H groups in total. The first kappa shape index (κ1) is 16.0. The lowest BCUT2D eigenvalue weighted by Gasteiger charge is -2.06. The molecule has 23 heavy (non-hydrogen) atoms. The average Bonchev–Trinajstić information content (AvgIpc) is 3.27. The molecule has 124 valence electrons. The first-order valence-corrected chi connectivity index (χ1v) is 9.16. The Balaban J connectivity index is 1.38. The molecule has 3 saturated carbocycles. The summed E-state index contributed by atoms with van der Waals surface area (Å²) in [5.74, 6) is 1.11. The fourth-order valence-electron chi connectivity index (χ4n) is 4.41. The van der Waals surface area contributed by atoms with Crippen molar-refractivity contribution in [1.29, 1.82) is 0 Å². The van der Waals surface area contributed by atoms with Crippen LogP contribution in [0.2, 0.25) is 5.02 Å². The zero-order valence-electron chi connectivity index (χ0n) is 12.4. The van der Waals surface area contributed by atoms with Gasteiger partial charge in [0.25, 0.3) is 0 Å². The predicted octanol–water partition coefficient (Wildman–Crippen LogP) is 5.27. The van der Waals surface area contributed by atoms with Crippen molar-refractivity contribution in [1.82, 2.24) is 0 Å². The summed E-state index contributed by atoms with van der Waals surface area (Å²) in [4.78, 5) is 12.5. The Morgan fingerprint density at radius 1 is 1.13 bits per heavy atom. The molecule has 0 heterocycles. The van der Waals surface area contributed by atoms with Gasteiger partial charge in [-0.2, -0.15) is 0 Å². The number of alkyl halides is 2. The normalized spacial score (nSPS) is 37.0. The number of nitrogens with one attached hydrogen (secondary N) is 1. The summed E-state index contributed by atoms with van der Waals surface area (Å²) in [5, 5.41) is 2.87. The molecule has 0 aliphatic heterocycles. The second-order valence-electron chi connectivity index (χ2n) is 7.01. The van der Waals surface area contributed by atoms with Crippen molar-refractivity contribution in [3.05, 3.63) is 29.0 Å². The quantitative estimate of drug-likeness (QED) is 0.700. The van der Waals surface area contributed by atoms with Crippen LogP contribution >= 0.6 is 34.8 Å². The van der Waals surface area contributed by atoms with Crippen LogP contribution in [-0.4, -0.2) is 10.2 Å². The minimum atomic E-state index is -0.532. The molecule has 3 aliphatic rings. The van der Waals surface area contributed by atoms with Crippen LogP contribution in [-0.2, 0) is 4.79 Å². The van der Waals surface area contributed by atoms with E-state index in [4.69, 9.17) is 34.8 Å². The van der Waals surface area contributed by atoms with E-state index < -0.39 is 10.2 Å². The Labute approximate surface area is 149 Å². The average molecular weight is 377 g/mol. The van der Waals surface area contributed by atoms with E-state index in [1.54, 1.807) is 6.07 Å². The highest BCUT2D eigenvalue weighted by molar-refractivity contribution is 6.51. The summed E-state index contributed by atoms with van der Waals surface area (Å²) in [7, 11) is 0. The monoisotopic (exact) mass is 375 g/mol. The summed E-state index contributed by atoms with van der Waals surface area (Å²) < 4.78 is 12.9. The molecule has 1 unspecified atom stereocenters. The number of amides is 1. The van der Waals surface area contributed by atoms with E-state index in [0.717, 1.165) is 25.7 Å². The largest absolute Gasteiger partial charge is 0.326 e. The molecule has 0 saturated heterocycles. The standard InChI is InChI=1S/C17H17Cl3FNO/c18-13-6-1-8(7-14(13)21)22-16(23)15-9-2-4-11-12(17(11,19)20)5-3-10(9)15/h1,6-7,9-12,15H,2-5H2,(H,22,23)/t9-,10-,11-,12+,15?/m0/s1. The van der Waals surface area contributed by atoms with Crippen LogP contribution in [0.3, 0.4) is 0 Å². The number of carbonyl (C=O) groups excluding carboxylic acids is 1. The van der Waals surface area contributed by atoms with Crippen LogP contribution in [0.1, 0.15) is 25.7 Å². The molecule has 0 radical (unpaired) electrons. The molecule has 0 aromatic heterocycles. The van der Waals surface area contributed by atoms with Gasteiger partial charge in [0.2, 0.25) is 5.91 Å². The molecular weight excluding hydrogens is 360 g/mol. The van der Waals surface area contributed by atoms with Crippen LogP contribution in [0, 0.1) is 35.4 Å². The maximum Gasteiger partial charge on any atom is 0.228 e. The van der Waals surface area contributed by atoms with E-state index in [1.807, 2.05) is 0 Å². The van der Waals surface area contributed by atoms with Crippen LogP contribution in [0.5, 0.6) is 0 Å². The fourth-order valence-corrected chi connectivity index (χ4v) is 5.45. The van der Waals surface area contributed by atoms with Gasteiger partial charge in [-0.15, -0.1) is 23.2 Å². The Kier molecular flexibility index (Phi) is 3.82. The topological polar surface area (TPSA) is 29.1 Å². The van der Waals surface area contributed by atoms with Gasteiger partial charge in [0.1, 0.15) is 10.2 Å². The lowest BCUT2D eigenvalue weighted by molar-refractivity contribution is -0.117. The lowest BCUT2D eigenvalue weighted by Crippen LogP contribution is -2.16. The highest BCUT2D eigenvalue weighted by atomic mass is 35.5. The highest BCUT2D eigenvalue weighted by Gasteiger charge is 2.65. The second kappa shape index (κ2) is 5.50. The highest BCUT2D eigenvalue weighted by Crippen LogP contribution is 2.67. The van der Waals surface area contributed by atoms with Gasteiger partial charge in [-0.25, -0.2) is 4.39 Å². The van der Waals surface area contributed by atoms with Crippen molar-refractivity contribution in [3.8, 4) is 0 Å². The number of carbonyl (C=O) groups is 1. The molecule has 0 bridgehead atoms. The minimum absolute atomic E-state index is 0.0136. The molecule has 3 aliphatic carbocycles. The molecule has 3 fully saturated rings. The van der Waals surface area contributed by atoms with Crippen LogP contribution in [0.15, 0.2) is 18.2 Å². The maximum absolute atomic E-state index is 13.5. The SMILES string of the molecule is O=C(Nc1ccc(Cl)c(F)c1)C1[C@H]2CC[C@@H]3[C@H](CC[C@H]12)C3(Cl)Cl. The van der Waals surface area contributed by atoms with Gasteiger partial charge in [0.05, 0.1) is 5.02 Å². The van der Waals surface area contributed by atoms with Gasteiger partial charge < -0.3 is 5.32 Å².